The van der Waals surface area contributed by atoms with Gasteiger partial charge in [0, 0.05) is 47.3 Å². The Bertz CT molecular complexity index is 970. The molecule has 0 fully saturated rings. The number of hydrogen-bond acceptors (Lipinski definition) is 6. The minimum Gasteiger partial charge on any atom is -0.396 e. The van der Waals surface area contributed by atoms with Crippen molar-refractivity contribution in [2.45, 2.75) is 12.6 Å². The molecule has 0 aliphatic heterocycles. The van der Waals surface area contributed by atoms with Crippen molar-refractivity contribution in [1.82, 2.24) is 15.0 Å². The number of nitrogens with one attached hydrogen (secondary N) is 2. The number of pyridine rings is 1. The largest absolute Gasteiger partial charge is 0.417 e. The molecule has 1 aromatic carbocycles. The summed E-state index contributed by atoms with van der Waals surface area (Å²) >= 11 is 2.93. The highest BCUT2D eigenvalue weighted by Crippen LogP contribution is 2.37. The van der Waals surface area contributed by atoms with Crippen LogP contribution in [0.2, 0.25) is 0 Å². The number of nitrogens with zero attached hydrogens (tertiary/aromatic N) is 3. The molecule has 0 spiro atoms. The van der Waals surface area contributed by atoms with E-state index in [9.17, 15) is 13.2 Å². The molecule has 3 N–H and O–H groups in total. The van der Waals surface area contributed by atoms with E-state index in [1.165, 1.54) is 12.1 Å². The second-order valence-corrected chi connectivity index (χ2v) is 6.87. The summed E-state index contributed by atoms with van der Waals surface area (Å²) in [5, 5.41) is 14.9. The third-order valence-electron chi connectivity index (χ3n) is 3.86. The van der Waals surface area contributed by atoms with Crippen molar-refractivity contribution >= 4 is 33.4 Å². The fourth-order valence-corrected chi connectivity index (χ4v) is 2.98. The summed E-state index contributed by atoms with van der Waals surface area (Å²) in [6, 6.07) is 9.04. The standard InChI is InChI=1S/C19H17BrF3N5O/c20-15-3-2-13(10-14(15)19(21,22)23)26-17-11-16(12-4-7-24-8-5-12)27-18(28-17)25-6-1-9-29/h2-5,7-8,10-11,29H,1,6,9H2,(H2,25,26,27,28). The number of alkyl halides is 3. The zero-order chi connectivity index (χ0) is 20.9. The van der Waals surface area contributed by atoms with Crippen LogP contribution in [0, 0.1) is 0 Å². The summed E-state index contributed by atoms with van der Waals surface area (Å²) in [5.41, 5.74) is 0.806. The van der Waals surface area contributed by atoms with Gasteiger partial charge in [-0.25, -0.2) is 4.98 Å². The van der Waals surface area contributed by atoms with Gasteiger partial charge in [-0.2, -0.15) is 18.2 Å². The molecule has 10 heteroatoms. The van der Waals surface area contributed by atoms with Gasteiger partial charge in [0.1, 0.15) is 5.82 Å². The van der Waals surface area contributed by atoms with Crippen LogP contribution in [0.4, 0.5) is 30.6 Å². The van der Waals surface area contributed by atoms with Crippen LogP contribution in [0.1, 0.15) is 12.0 Å². The van der Waals surface area contributed by atoms with E-state index >= 15 is 0 Å². The number of hydrogen-bond donors (Lipinski definition) is 3. The van der Waals surface area contributed by atoms with Crippen molar-refractivity contribution in [2.75, 3.05) is 23.8 Å². The summed E-state index contributed by atoms with van der Waals surface area (Å²) in [5.74, 6) is 0.622. The Balaban J connectivity index is 1.95. The van der Waals surface area contributed by atoms with Crippen LogP contribution in [0.5, 0.6) is 0 Å². The van der Waals surface area contributed by atoms with E-state index in [1.54, 1.807) is 30.6 Å². The van der Waals surface area contributed by atoms with Gasteiger partial charge < -0.3 is 15.7 Å². The zero-order valence-corrected chi connectivity index (χ0v) is 16.6. The summed E-state index contributed by atoms with van der Waals surface area (Å²) in [6.45, 7) is 0.466. The third kappa shape index (κ3) is 5.64. The lowest BCUT2D eigenvalue weighted by atomic mass is 10.2. The van der Waals surface area contributed by atoms with Gasteiger partial charge in [0.2, 0.25) is 5.95 Å². The van der Waals surface area contributed by atoms with Gasteiger partial charge in [0.15, 0.2) is 0 Å². The average Bonchev–Trinajstić information content (AvgIpc) is 2.69. The molecule has 0 saturated carbocycles. The van der Waals surface area contributed by atoms with Crippen molar-refractivity contribution in [3.63, 3.8) is 0 Å². The molecule has 3 rings (SSSR count). The van der Waals surface area contributed by atoms with E-state index in [1.807, 2.05) is 0 Å². The molecule has 2 aromatic heterocycles. The Morgan fingerprint density at radius 2 is 1.79 bits per heavy atom. The number of rotatable bonds is 7. The minimum atomic E-state index is -4.48. The lowest BCUT2D eigenvalue weighted by Gasteiger charge is -2.14. The van der Waals surface area contributed by atoms with E-state index < -0.39 is 11.7 Å². The number of aromatic nitrogens is 3. The predicted molar refractivity (Wildman–Crippen MR) is 108 cm³/mol. The Morgan fingerprint density at radius 1 is 1.03 bits per heavy atom. The number of aliphatic hydroxyl groups excluding tert-OH is 1. The number of benzene rings is 1. The smallest absolute Gasteiger partial charge is 0.396 e. The van der Waals surface area contributed by atoms with Crippen LogP contribution >= 0.6 is 15.9 Å². The van der Waals surface area contributed by atoms with E-state index in [0.717, 1.165) is 11.6 Å². The Kier molecular flexibility index (Phi) is 6.65. The van der Waals surface area contributed by atoms with Crippen LogP contribution < -0.4 is 10.6 Å². The Hall–Kier alpha value is -2.72. The lowest BCUT2D eigenvalue weighted by molar-refractivity contribution is -0.138. The second kappa shape index (κ2) is 9.19. The lowest BCUT2D eigenvalue weighted by Crippen LogP contribution is -2.09. The van der Waals surface area contributed by atoms with Crippen molar-refractivity contribution < 1.29 is 18.3 Å². The summed E-state index contributed by atoms with van der Waals surface area (Å²) in [4.78, 5) is 12.7. The van der Waals surface area contributed by atoms with Gasteiger partial charge in [-0.1, -0.05) is 15.9 Å². The molecule has 0 unspecified atom stereocenters. The summed E-state index contributed by atoms with van der Waals surface area (Å²) < 4.78 is 39.5. The molecule has 3 aromatic rings. The molecule has 0 bridgehead atoms. The molecular weight excluding hydrogens is 451 g/mol. The maximum absolute atomic E-state index is 13.2. The molecule has 6 nitrogen and oxygen atoms in total. The van der Waals surface area contributed by atoms with Crippen LogP contribution in [0.15, 0.2) is 53.3 Å². The first-order chi connectivity index (χ1) is 13.9. The molecule has 0 atom stereocenters. The predicted octanol–water partition coefficient (Wildman–Crippen LogP) is 4.86. The van der Waals surface area contributed by atoms with Crippen LogP contribution in [-0.4, -0.2) is 33.2 Å². The quantitative estimate of drug-likeness (QED) is 0.430. The van der Waals surface area contributed by atoms with Crippen molar-refractivity contribution in [3.8, 4) is 11.3 Å². The van der Waals surface area contributed by atoms with E-state index in [-0.39, 0.29) is 16.8 Å². The first-order valence-electron chi connectivity index (χ1n) is 8.65. The minimum absolute atomic E-state index is 0.0151. The highest BCUT2D eigenvalue weighted by molar-refractivity contribution is 9.10. The average molecular weight is 468 g/mol. The molecule has 152 valence electrons. The molecule has 0 amide bonds. The maximum atomic E-state index is 13.2. The van der Waals surface area contributed by atoms with Crippen LogP contribution in [-0.2, 0) is 6.18 Å². The third-order valence-corrected chi connectivity index (χ3v) is 4.56. The number of aliphatic hydroxyl groups is 1. The first-order valence-corrected chi connectivity index (χ1v) is 9.44. The molecule has 29 heavy (non-hydrogen) atoms. The molecule has 0 saturated heterocycles. The van der Waals surface area contributed by atoms with E-state index in [0.29, 0.717) is 30.4 Å². The van der Waals surface area contributed by atoms with Crippen molar-refractivity contribution in [2.24, 2.45) is 0 Å². The summed E-state index contributed by atoms with van der Waals surface area (Å²) in [7, 11) is 0. The molecule has 0 radical (unpaired) electrons. The van der Waals surface area contributed by atoms with Crippen LogP contribution in [0.25, 0.3) is 11.3 Å². The number of halogens is 4. The van der Waals surface area contributed by atoms with Gasteiger partial charge in [0.25, 0.3) is 0 Å². The van der Waals surface area contributed by atoms with Crippen molar-refractivity contribution in [1.29, 1.82) is 0 Å². The van der Waals surface area contributed by atoms with Gasteiger partial charge in [0.05, 0.1) is 11.3 Å². The topological polar surface area (TPSA) is 83.0 Å². The maximum Gasteiger partial charge on any atom is 0.417 e. The van der Waals surface area contributed by atoms with E-state index in [2.05, 4.69) is 41.5 Å². The second-order valence-electron chi connectivity index (χ2n) is 6.02. The molecule has 0 aliphatic carbocycles. The van der Waals surface area contributed by atoms with Gasteiger partial charge in [-0.15, -0.1) is 0 Å². The normalized spacial score (nSPS) is 11.3. The SMILES string of the molecule is OCCCNc1nc(Nc2ccc(Br)c(C(F)(F)F)c2)cc(-c2ccncc2)n1. The first kappa shape index (κ1) is 21.0. The van der Waals surface area contributed by atoms with Gasteiger partial charge in [-0.3, -0.25) is 4.98 Å². The van der Waals surface area contributed by atoms with Crippen molar-refractivity contribution in [3.05, 3.63) is 58.8 Å². The monoisotopic (exact) mass is 467 g/mol. The fourth-order valence-electron chi connectivity index (χ4n) is 2.51. The number of anilines is 3. The highest BCUT2D eigenvalue weighted by atomic mass is 79.9. The molecule has 0 aliphatic rings. The van der Waals surface area contributed by atoms with Crippen LogP contribution in [0.3, 0.4) is 0 Å². The fraction of sp³-hybridized carbons (Fsp3) is 0.211. The van der Waals surface area contributed by atoms with Gasteiger partial charge in [-0.05, 0) is 36.8 Å². The van der Waals surface area contributed by atoms with Gasteiger partial charge >= 0.3 is 6.18 Å². The Morgan fingerprint density at radius 3 is 2.48 bits per heavy atom. The van der Waals surface area contributed by atoms with E-state index in [4.69, 9.17) is 5.11 Å². The highest BCUT2D eigenvalue weighted by Gasteiger charge is 2.33. The molecular formula is C19H17BrF3N5O. The summed E-state index contributed by atoms with van der Waals surface area (Å²) in [6.07, 6.45) is -0.740. The zero-order valence-electron chi connectivity index (χ0n) is 15.0. The Labute approximate surface area is 173 Å². The molecule has 2 heterocycles.